The Hall–Kier alpha value is -1.90. The lowest BCUT2D eigenvalue weighted by Crippen LogP contribution is -2.61. The van der Waals surface area contributed by atoms with Gasteiger partial charge in [-0.05, 0) is 38.1 Å². The second-order valence-electron chi connectivity index (χ2n) is 8.06. The van der Waals surface area contributed by atoms with E-state index in [-0.39, 0.29) is 9.79 Å². The molecule has 194 valence electrons. The first-order valence-electron chi connectivity index (χ1n) is 10.7. The molecule has 1 heterocycles. The SMILES string of the molecule is CO[C@H]1O[C@H](COS(=O)(=O)c2ccc(C)cc2)[C@@H](OS(=O)(=O)c2ccc(C)cc2)[C@H](OC)[C@H]1OC. The second kappa shape index (κ2) is 11.4. The second-order valence-corrected chi connectivity index (χ2v) is 11.2. The van der Waals surface area contributed by atoms with Gasteiger partial charge in [0, 0.05) is 21.3 Å². The van der Waals surface area contributed by atoms with Gasteiger partial charge in [0.15, 0.2) is 6.29 Å². The van der Waals surface area contributed by atoms with E-state index in [4.69, 9.17) is 27.3 Å². The van der Waals surface area contributed by atoms with E-state index in [1.165, 1.54) is 45.6 Å². The first-order valence-corrected chi connectivity index (χ1v) is 13.5. The van der Waals surface area contributed by atoms with Crippen LogP contribution in [0.1, 0.15) is 11.1 Å². The van der Waals surface area contributed by atoms with E-state index in [9.17, 15) is 16.8 Å². The first-order chi connectivity index (χ1) is 16.5. The molecule has 1 fully saturated rings. The summed E-state index contributed by atoms with van der Waals surface area (Å²) >= 11 is 0. The van der Waals surface area contributed by atoms with Crippen LogP contribution in [0.3, 0.4) is 0 Å². The van der Waals surface area contributed by atoms with Gasteiger partial charge in [0.1, 0.15) is 24.4 Å². The number of methoxy groups -OCH3 is 3. The van der Waals surface area contributed by atoms with Crippen LogP contribution in [0.25, 0.3) is 0 Å². The third-order valence-electron chi connectivity index (χ3n) is 5.61. The van der Waals surface area contributed by atoms with Crippen LogP contribution in [0.15, 0.2) is 58.3 Å². The molecule has 5 atom stereocenters. The Bertz CT molecular complexity index is 1180. The normalized spacial score (nSPS) is 25.5. The summed E-state index contributed by atoms with van der Waals surface area (Å²) in [6.45, 7) is 3.09. The van der Waals surface area contributed by atoms with Gasteiger partial charge in [-0.2, -0.15) is 16.8 Å². The van der Waals surface area contributed by atoms with Crippen LogP contribution in [0.4, 0.5) is 0 Å². The van der Waals surface area contributed by atoms with Crippen molar-refractivity contribution in [3.63, 3.8) is 0 Å². The summed E-state index contributed by atoms with van der Waals surface area (Å²) in [5.74, 6) is 0. The van der Waals surface area contributed by atoms with Gasteiger partial charge in [-0.1, -0.05) is 35.4 Å². The van der Waals surface area contributed by atoms with Gasteiger partial charge in [0.05, 0.1) is 16.4 Å². The van der Waals surface area contributed by atoms with E-state index in [2.05, 4.69) is 0 Å². The maximum absolute atomic E-state index is 13.1. The molecule has 3 rings (SSSR count). The molecule has 0 aromatic heterocycles. The fraction of sp³-hybridized carbons (Fsp3) is 0.478. The zero-order valence-corrected chi connectivity index (χ0v) is 21.7. The number of rotatable bonds is 10. The molecule has 0 unspecified atom stereocenters. The van der Waals surface area contributed by atoms with Gasteiger partial charge >= 0.3 is 0 Å². The lowest BCUT2D eigenvalue weighted by atomic mass is 9.99. The highest BCUT2D eigenvalue weighted by Gasteiger charge is 2.50. The maximum atomic E-state index is 13.1. The quantitative estimate of drug-likeness (QED) is 0.422. The topological polar surface area (TPSA) is 124 Å². The van der Waals surface area contributed by atoms with E-state index in [0.717, 1.165) is 11.1 Å². The van der Waals surface area contributed by atoms with Gasteiger partial charge in [0.2, 0.25) is 0 Å². The summed E-state index contributed by atoms with van der Waals surface area (Å²) in [6, 6.07) is 12.2. The Kier molecular flexibility index (Phi) is 9.05. The molecule has 0 aliphatic carbocycles. The fourth-order valence-electron chi connectivity index (χ4n) is 3.67. The summed E-state index contributed by atoms with van der Waals surface area (Å²) in [6.07, 6.45) is -5.36. The number of benzene rings is 2. The smallest absolute Gasteiger partial charge is 0.297 e. The van der Waals surface area contributed by atoms with Crippen molar-refractivity contribution in [2.75, 3.05) is 27.9 Å². The predicted molar refractivity (Wildman–Crippen MR) is 125 cm³/mol. The van der Waals surface area contributed by atoms with Crippen molar-refractivity contribution in [3.8, 4) is 0 Å². The van der Waals surface area contributed by atoms with E-state index in [1.54, 1.807) is 24.3 Å². The molecular formula is C23H30O10S2. The van der Waals surface area contributed by atoms with Crippen molar-refractivity contribution in [1.82, 2.24) is 0 Å². The molecule has 1 aliphatic heterocycles. The van der Waals surface area contributed by atoms with Gasteiger partial charge < -0.3 is 18.9 Å². The Morgan fingerprint density at radius 2 is 1.17 bits per heavy atom. The van der Waals surface area contributed by atoms with Crippen LogP contribution < -0.4 is 0 Å². The Morgan fingerprint density at radius 1 is 0.686 bits per heavy atom. The summed E-state index contributed by atoms with van der Waals surface area (Å²) in [7, 11) is -4.34. The molecule has 2 aromatic carbocycles. The van der Waals surface area contributed by atoms with Crippen LogP contribution in [0.5, 0.6) is 0 Å². The largest absolute Gasteiger partial charge is 0.376 e. The zero-order chi connectivity index (χ0) is 25.8. The fourth-order valence-corrected chi connectivity index (χ4v) is 5.70. The third kappa shape index (κ3) is 6.46. The molecule has 35 heavy (non-hydrogen) atoms. The van der Waals surface area contributed by atoms with Crippen molar-refractivity contribution in [2.24, 2.45) is 0 Å². The lowest BCUT2D eigenvalue weighted by molar-refractivity contribution is -0.297. The zero-order valence-electron chi connectivity index (χ0n) is 20.1. The number of hydrogen-bond acceptors (Lipinski definition) is 10. The lowest BCUT2D eigenvalue weighted by Gasteiger charge is -2.43. The molecule has 1 saturated heterocycles. The average molecular weight is 531 g/mol. The summed E-state index contributed by atoms with van der Waals surface area (Å²) in [4.78, 5) is -0.127. The minimum absolute atomic E-state index is 0.0509. The summed E-state index contributed by atoms with van der Waals surface area (Å²) in [5, 5.41) is 0. The monoisotopic (exact) mass is 530 g/mol. The first kappa shape index (κ1) is 27.7. The molecule has 10 nitrogen and oxygen atoms in total. The van der Waals surface area contributed by atoms with E-state index >= 15 is 0 Å². The molecular weight excluding hydrogens is 500 g/mol. The molecule has 0 radical (unpaired) electrons. The van der Waals surface area contributed by atoms with Crippen LogP contribution >= 0.6 is 0 Å². The van der Waals surface area contributed by atoms with Gasteiger partial charge in [0.25, 0.3) is 20.2 Å². The number of ether oxygens (including phenoxy) is 4. The highest BCUT2D eigenvalue weighted by atomic mass is 32.2. The molecule has 12 heteroatoms. The minimum atomic E-state index is -4.28. The highest BCUT2D eigenvalue weighted by molar-refractivity contribution is 7.87. The minimum Gasteiger partial charge on any atom is -0.376 e. The number of hydrogen-bond donors (Lipinski definition) is 0. The van der Waals surface area contributed by atoms with Crippen molar-refractivity contribution >= 4 is 20.2 Å². The average Bonchev–Trinajstić information content (AvgIpc) is 2.83. The number of aryl methyl sites for hydroxylation is 2. The highest BCUT2D eigenvalue weighted by Crippen LogP contribution is 2.31. The van der Waals surface area contributed by atoms with Crippen molar-refractivity contribution < 1.29 is 44.1 Å². The Labute approximate surface area is 206 Å². The van der Waals surface area contributed by atoms with Crippen molar-refractivity contribution in [2.45, 2.75) is 54.3 Å². The maximum Gasteiger partial charge on any atom is 0.297 e. The third-order valence-corrected chi connectivity index (χ3v) is 8.23. The van der Waals surface area contributed by atoms with Gasteiger partial charge in [-0.15, -0.1) is 0 Å². The van der Waals surface area contributed by atoms with E-state index in [1.807, 2.05) is 13.8 Å². The molecule has 1 aliphatic rings. The molecule has 0 saturated carbocycles. The van der Waals surface area contributed by atoms with Crippen LogP contribution in [-0.4, -0.2) is 75.5 Å². The Morgan fingerprint density at radius 3 is 1.63 bits per heavy atom. The standard InChI is InChI=1S/C23H30O10S2/c1-15-6-10-17(11-7-15)34(24,25)31-14-19-20(21(28-3)22(29-4)23(30-5)32-19)33-35(26,27)18-12-8-16(2)9-13-18/h6-13,19-23H,14H2,1-5H3/t19-,20-,21+,22-,23+/m1/s1. The van der Waals surface area contributed by atoms with Gasteiger partial charge in [-0.3, -0.25) is 8.37 Å². The predicted octanol–water partition coefficient (Wildman–Crippen LogP) is 2.18. The van der Waals surface area contributed by atoms with Crippen LogP contribution in [0.2, 0.25) is 0 Å². The van der Waals surface area contributed by atoms with Gasteiger partial charge in [-0.25, -0.2) is 0 Å². The molecule has 0 bridgehead atoms. The summed E-state index contributed by atoms with van der Waals surface area (Å²) in [5.41, 5.74) is 1.75. The molecule has 0 amide bonds. The van der Waals surface area contributed by atoms with Crippen molar-refractivity contribution in [1.29, 1.82) is 0 Å². The summed E-state index contributed by atoms with van der Waals surface area (Å²) < 4.78 is 84.5. The Balaban J connectivity index is 1.90. The van der Waals surface area contributed by atoms with E-state index < -0.39 is 57.5 Å². The van der Waals surface area contributed by atoms with Crippen LogP contribution in [-0.2, 0) is 47.5 Å². The molecule has 0 N–H and O–H groups in total. The molecule has 0 spiro atoms. The van der Waals surface area contributed by atoms with Crippen LogP contribution in [0, 0.1) is 13.8 Å². The van der Waals surface area contributed by atoms with E-state index in [0.29, 0.717) is 0 Å². The van der Waals surface area contributed by atoms with Crippen molar-refractivity contribution in [3.05, 3.63) is 59.7 Å². The molecule has 2 aromatic rings.